The molecule has 3 N–H and O–H groups in total. The van der Waals surface area contributed by atoms with Gasteiger partial charge in [-0.1, -0.05) is 6.92 Å². The van der Waals surface area contributed by atoms with Crippen molar-refractivity contribution >= 4 is 5.91 Å². The zero-order chi connectivity index (χ0) is 10.6. The van der Waals surface area contributed by atoms with Gasteiger partial charge in [-0.25, -0.2) is 0 Å². The van der Waals surface area contributed by atoms with Gasteiger partial charge in [-0.3, -0.25) is 4.79 Å². The van der Waals surface area contributed by atoms with Gasteiger partial charge < -0.3 is 15.8 Å². The highest BCUT2D eigenvalue weighted by atomic mass is 16.5. The van der Waals surface area contributed by atoms with E-state index in [4.69, 9.17) is 10.5 Å². The fraction of sp³-hybridized carbons (Fsp3) is 0.900. The smallest absolute Gasteiger partial charge is 0.237 e. The number of nitrogens with two attached hydrogens (primary N) is 1. The molecule has 0 saturated carbocycles. The maximum atomic E-state index is 11.2. The van der Waals surface area contributed by atoms with Crippen LogP contribution >= 0.6 is 0 Å². The molecule has 0 bridgehead atoms. The number of nitrogens with one attached hydrogen (secondary N) is 1. The lowest BCUT2D eigenvalue weighted by Gasteiger charge is -2.24. The molecule has 0 aliphatic carbocycles. The summed E-state index contributed by atoms with van der Waals surface area (Å²) in [5.74, 6) is -0.308. The minimum absolute atomic E-state index is 0.0264. The number of hydrogen-bond acceptors (Lipinski definition) is 3. The van der Waals surface area contributed by atoms with E-state index in [1.54, 1.807) is 0 Å². The molecule has 0 aromatic rings. The summed E-state index contributed by atoms with van der Waals surface area (Å²) in [6.07, 6.45) is 2.91. The minimum atomic E-state index is -0.326. The van der Waals surface area contributed by atoms with Crippen LogP contribution in [0.15, 0.2) is 0 Å². The molecule has 14 heavy (non-hydrogen) atoms. The molecule has 1 saturated heterocycles. The van der Waals surface area contributed by atoms with E-state index in [0.717, 1.165) is 25.9 Å². The Morgan fingerprint density at radius 2 is 2.43 bits per heavy atom. The van der Waals surface area contributed by atoms with Crippen LogP contribution in [-0.2, 0) is 9.53 Å². The van der Waals surface area contributed by atoms with Crippen molar-refractivity contribution in [3.63, 3.8) is 0 Å². The van der Waals surface area contributed by atoms with Gasteiger partial charge in [-0.2, -0.15) is 0 Å². The van der Waals surface area contributed by atoms with Gasteiger partial charge in [-0.05, 0) is 26.2 Å². The normalized spacial score (nSPS) is 26.0. The van der Waals surface area contributed by atoms with Gasteiger partial charge in [0.25, 0.3) is 0 Å². The molecule has 1 heterocycles. The first kappa shape index (κ1) is 11.5. The van der Waals surface area contributed by atoms with Crippen molar-refractivity contribution in [3.8, 4) is 0 Å². The molecule has 1 rings (SSSR count). The molecule has 0 spiro atoms. The van der Waals surface area contributed by atoms with E-state index >= 15 is 0 Å². The highest BCUT2D eigenvalue weighted by molar-refractivity contribution is 5.80. The molecule has 1 aliphatic rings. The second kappa shape index (κ2) is 5.32. The molecular weight excluding hydrogens is 180 g/mol. The first-order chi connectivity index (χ1) is 6.65. The van der Waals surface area contributed by atoms with E-state index in [-0.39, 0.29) is 18.1 Å². The van der Waals surface area contributed by atoms with Crippen LogP contribution in [0.5, 0.6) is 0 Å². The van der Waals surface area contributed by atoms with Crippen molar-refractivity contribution in [1.82, 2.24) is 5.32 Å². The van der Waals surface area contributed by atoms with Crippen LogP contribution in [0.3, 0.4) is 0 Å². The Hall–Kier alpha value is -0.610. The van der Waals surface area contributed by atoms with Crippen molar-refractivity contribution in [3.05, 3.63) is 0 Å². The van der Waals surface area contributed by atoms with E-state index in [0.29, 0.717) is 6.04 Å². The van der Waals surface area contributed by atoms with Crippen LogP contribution in [-0.4, -0.2) is 30.7 Å². The lowest BCUT2D eigenvalue weighted by molar-refractivity contribution is -0.123. The van der Waals surface area contributed by atoms with Crippen LogP contribution in [0.1, 0.15) is 33.1 Å². The van der Waals surface area contributed by atoms with Gasteiger partial charge in [0.15, 0.2) is 0 Å². The lowest BCUT2D eigenvalue weighted by atomic mass is 10.1. The summed E-state index contributed by atoms with van der Waals surface area (Å²) < 4.78 is 5.46. The highest BCUT2D eigenvalue weighted by Gasteiger charge is 2.30. The summed E-state index contributed by atoms with van der Waals surface area (Å²) in [6.45, 7) is 4.87. The molecule has 3 unspecified atom stereocenters. The second-order valence-corrected chi connectivity index (χ2v) is 3.91. The van der Waals surface area contributed by atoms with Gasteiger partial charge in [0, 0.05) is 12.6 Å². The molecule has 0 radical (unpaired) electrons. The monoisotopic (exact) mass is 200 g/mol. The summed E-state index contributed by atoms with van der Waals surface area (Å²) >= 11 is 0. The fourth-order valence-corrected chi connectivity index (χ4v) is 1.66. The number of primary amides is 1. The Balaban J connectivity index is 2.49. The van der Waals surface area contributed by atoms with E-state index in [1.165, 1.54) is 0 Å². The number of hydrogen-bond donors (Lipinski definition) is 2. The Morgan fingerprint density at radius 1 is 1.71 bits per heavy atom. The maximum Gasteiger partial charge on any atom is 0.237 e. The first-order valence-electron chi connectivity index (χ1n) is 5.32. The molecular formula is C10H20N2O2. The third-order valence-electron chi connectivity index (χ3n) is 2.72. The van der Waals surface area contributed by atoms with Crippen molar-refractivity contribution in [1.29, 1.82) is 0 Å². The van der Waals surface area contributed by atoms with Crippen molar-refractivity contribution in [2.24, 2.45) is 5.73 Å². The van der Waals surface area contributed by atoms with Crippen LogP contribution in [0.2, 0.25) is 0 Å². The standard InChI is InChI=1S/C10H20N2O2/c1-3-7(2)12-9(10(11)13)8-5-4-6-14-8/h7-9,12H,3-6H2,1-2H3,(H2,11,13). The molecule has 1 aliphatic heterocycles. The first-order valence-corrected chi connectivity index (χ1v) is 5.32. The summed E-state index contributed by atoms with van der Waals surface area (Å²) in [6, 6.07) is -0.0239. The molecule has 1 amide bonds. The zero-order valence-corrected chi connectivity index (χ0v) is 8.95. The van der Waals surface area contributed by atoms with Crippen molar-refractivity contribution < 1.29 is 9.53 Å². The van der Waals surface area contributed by atoms with Crippen LogP contribution in [0.25, 0.3) is 0 Å². The Morgan fingerprint density at radius 3 is 2.86 bits per heavy atom. The van der Waals surface area contributed by atoms with E-state index in [9.17, 15) is 4.79 Å². The number of ether oxygens (including phenoxy) is 1. The maximum absolute atomic E-state index is 11.2. The number of amides is 1. The SMILES string of the molecule is CCC(C)NC(C(N)=O)C1CCCO1. The van der Waals surface area contributed by atoms with Crippen molar-refractivity contribution in [2.75, 3.05) is 6.61 Å². The van der Waals surface area contributed by atoms with Gasteiger partial charge in [-0.15, -0.1) is 0 Å². The number of rotatable bonds is 5. The van der Waals surface area contributed by atoms with Gasteiger partial charge >= 0.3 is 0 Å². The molecule has 0 aromatic heterocycles. The topological polar surface area (TPSA) is 64.3 Å². The summed E-state index contributed by atoms with van der Waals surface area (Å²) in [4.78, 5) is 11.2. The van der Waals surface area contributed by atoms with Gasteiger partial charge in [0.2, 0.25) is 5.91 Å². The molecule has 82 valence electrons. The van der Waals surface area contributed by atoms with Crippen molar-refractivity contribution in [2.45, 2.75) is 51.3 Å². The van der Waals surface area contributed by atoms with Crippen LogP contribution < -0.4 is 11.1 Å². The average molecular weight is 200 g/mol. The zero-order valence-electron chi connectivity index (χ0n) is 8.95. The third-order valence-corrected chi connectivity index (χ3v) is 2.72. The molecule has 1 fully saturated rings. The Labute approximate surface area is 85.2 Å². The lowest BCUT2D eigenvalue weighted by Crippen LogP contribution is -2.52. The van der Waals surface area contributed by atoms with E-state index < -0.39 is 0 Å². The second-order valence-electron chi connectivity index (χ2n) is 3.91. The Kier molecular flexibility index (Phi) is 4.35. The molecule has 4 nitrogen and oxygen atoms in total. The number of carbonyl (C=O) groups is 1. The quantitative estimate of drug-likeness (QED) is 0.675. The number of carbonyl (C=O) groups excluding carboxylic acids is 1. The summed E-state index contributed by atoms with van der Waals surface area (Å²) in [5, 5.41) is 3.21. The predicted octanol–water partition coefficient (Wildman–Crippen LogP) is 0.407. The minimum Gasteiger partial charge on any atom is -0.376 e. The largest absolute Gasteiger partial charge is 0.376 e. The Bertz CT molecular complexity index is 191. The average Bonchev–Trinajstić information content (AvgIpc) is 2.65. The third kappa shape index (κ3) is 2.96. The van der Waals surface area contributed by atoms with Gasteiger partial charge in [0.05, 0.1) is 6.10 Å². The summed E-state index contributed by atoms with van der Waals surface area (Å²) in [5.41, 5.74) is 5.34. The van der Waals surface area contributed by atoms with E-state index in [1.807, 2.05) is 6.92 Å². The predicted molar refractivity (Wildman–Crippen MR) is 54.8 cm³/mol. The summed E-state index contributed by atoms with van der Waals surface area (Å²) in [7, 11) is 0. The van der Waals surface area contributed by atoms with E-state index in [2.05, 4.69) is 12.2 Å². The fourth-order valence-electron chi connectivity index (χ4n) is 1.66. The van der Waals surface area contributed by atoms with Gasteiger partial charge in [0.1, 0.15) is 6.04 Å². The molecule has 0 aromatic carbocycles. The molecule has 4 heteroatoms. The molecule has 3 atom stereocenters. The highest BCUT2D eigenvalue weighted by Crippen LogP contribution is 2.16. The van der Waals surface area contributed by atoms with Crippen LogP contribution in [0, 0.1) is 0 Å². The van der Waals surface area contributed by atoms with Crippen LogP contribution in [0.4, 0.5) is 0 Å².